The second kappa shape index (κ2) is 5.48. The van der Waals surface area contributed by atoms with E-state index in [-0.39, 0.29) is 11.8 Å². The zero-order chi connectivity index (χ0) is 14.0. The SMILES string of the molecule is COC(=O)C(C)n1c(CCl)nc2c(OC)cccc21. The fourth-order valence-corrected chi connectivity index (χ4v) is 2.30. The molecular weight excluding hydrogens is 268 g/mol. The highest BCUT2D eigenvalue weighted by Crippen LogP contribution is 2.29. The van der Waals surface area contributed by atoms with Gasteiger partial charge in [0.1, 0.15) is 23.1 Å². The molecule has 0 aliphatic rings. The maximum absolute atomic E-state index is 11.7. The number of imidazole rings is 1. The lowest BCUT2D eigenvalue weighted by atomic mass is 10.2. The summed E-state index contributed by atoms with van der Waals surface area (Å²) in [4.78, 5) is 16.2. The maximum atomic E-state index is 11.7. The van der Waals surface area contributed by atoms with Gasteiger partial charge in [0.25, 0.3) is 0 Å². The van der Waals surface area contributed by atoms with Crippen LogP contribution in [0.5, 0.6) is 5.75 Å². The van der Waals surface area contributed by atoms with E-state index in [0.29, 0.717) is 17.1 Å². The number of halogens is 1. The first-order valence-electron chi connectivity index (χ1n) is 5.81. The number of para-hydroxylation sites is 1. The molecule has 0 saturated carbocycles. The second-order valence-corrected chi connectivity index (χ2v) is 4.33. The monoisotopic (exact) mass is 282 g/mol. The molecule has 1 heterocycles. The Balaban J connectivity index is 2.68. The minimum Gasteiger partial charge on any atom is -0.494 e. The van der Waals surface area contributed by atoms with Crippen molar-refractivity contribution in [2.75, 3.05) is 14.2 Å². The molecule has 2 rings (SSSR count). The molecule has 0 spiro atoms. The van der Waals surface area contributed by atoms with E-state index in [1.165, 1.54) is 7.11 Å². The average molecular weight is 283 g/mol. The molecule has 0 N–H and O–H groups in total. The van der Waals surface area contributed by atoms with Crippen molar-refractivity contribution in [3.8, 4) is 5.75 Å². The van der Waals surface area contributed by atoms with Crippen molar-refractivity contribution >= 4 is 28.6 Å². The van der Waals surface area contributed by atoms with Gasteiger partial charge < -0.3 is 14.0 Å². The van der Waals surface area contributed by atoms with E-state index in [4.69, 9.17) is 21.1 Å². The van der Waals surface area contributed by atoms with Crippen molar-refractivity contribution < 1.29 is 14.3 Å². The van der Waals surface area contributed by atoms with E-state index in [1.807, 2.05) is 18.2 Å². The molecule has 0 aliphatic heterocycles. The van der Waals surface area contributed by atoms with Gasteiger partial charge in [-0.2, -0.15) is 0 Å². The van der Waals surface area contributed by atoms with Crippen molar-refractivity contribution in [3.05, 3.63) is 24.0 Å². The molecule has 1 aromatic heterocycles. The maximum Gasteiger partial charge on any atom is 0.328 e. The first kappa shape index (κ1) is 13.7. The summed E-state index contributed by atoms with van der Waals surface area (Å²) in [5.74, 6) is 1.13. The lowest BCUT2D eigenvalue weighted by molar-refractivity contribution is -0.143. The Kier molecular flexibility index (Phi) is 3.95. The first-order valence-corrected chi connectivity index (χ1v) is 6.35. The van der Waals surface area contributed by atoms with Gasteiger partial charge in [0.05, 0.1) is 25.6 Å². The number of nitrogens with zero attached hydrogens (tertiary/aromatic N) is 2. The fraction of sp³-hybridized carbons (Fsp3) is 0.385. The molecule has 5 nitrogen and oxygen atoms in total. The largest absolute Gasteiger partial charge is 0.494 e. The Morgan fingerprint density at radius 3 is 2.79 bits per heavy atom. The number of rotatable bonds is 4. The average Bonchev–Trinajstić information content (AvgIpc) is 2.83. The molecule has 0 amide bonds. The Morgan fingerprint density at radius 1 is 1.47 bits per heavy atom. The van der Waals surface area contributed by atoms with E-state index in [0.717, 1.165) is 5.52 Å². The number of alkyl halides is 1. The molecule has 6 heteroatoms. The van der Waals surface area contributed by atoms with Gasteiger partial charge in [-0.15, -0.1) is 11.6 Å². The van der Waals surface area contributed by atoms with E-state index in [1.54, 1.807) is 18.6 Å². The number of carbonyl (C=O) groups is 1. The number of aromatic nitrogens is 2. The highest BCUT2D eigenvalue weighted by Gasteiger charge is 2.22. The lowest BCUT2D eigenvalue weighted by Gasteiger charge is -2.14. The van der Waals surface area contributed by atoms with Gasteiger partial charge in [-0.25, -0.2) is 9.78 Å². The van der Waals surface area contributed by atoms with Crippen molar-refractivity contribution in [1.82, 2.24) is 9.55 Å². The number of benzene rings is 1. The minimum absolute atomic E-state index is 0.208. The molecule has 0 fully saturated rings. The highest BCUT2D eigenvalue weighted by molar-refractivity contribution is 6.17. The van der Waals surface area contributed by atoms with Gasteiger partial charge in [-0.1, -0.05) is 6.07 Å². The molecule has 0 aliphatic carbocycles. The summed E-state index contributed by atoms with van der Waals surface area (Å²) in [5, 5.41) is 0. The molecule has 1 aromatic carbocycles. The fourth-order valence-electron chi connectivity index (χ4n) is 2.11. The van der Waals surface area contributed by atoms with Crippen LogP contribution in [0.2, 0.25) is 0 Å². The Labute approximate surface area is 116 Å². The number of ether oxygens (including phenoxy) is 2. The van der Waals surface area contributed by atoms with Gasteiger partial charge in [0, 0.05) is 0 Å². The predicted molar refractivity (Wildman–Crippen MR) is 72.6 cm³/mol. The van der Waals surface area contributed by atoms with Gasteiger partial charge in [0.2, 0.25) is 0 Å². The number of hydrogen-bond acceptors (Lipinski definition) is 4. The molecule has 1 unspecified atom stereocenters. The van der Waals surface area contributed by atoms with E-state index >= 15 is 0 Å². The molecule has 0 bridgehead atoms. The van der Waals surface area contributed by atoms with Crippen LogP contribution < -0.4 is 4.74 Å². The van der Waals surface area contributed by atoms with Gasteiger partial charge in [-0.05, 0) is 19.1 Å². The van der Waals surface area contributed by atoms with E-state index in [9.17, 15) is 4.79 Å². The summed E-state index contributed by atoms with van der Waals surface area (Å²) in [6, 6.07) is 5.05. The van der Waals surface area contributed by atoms with Crippen LogP contribution in [-0.4, -0.2) is 29.7 Å². The van der Waals surface area contributed by atoms with Crippen molar-refractivity contribution in [2.24, 2.45) is 0 Å². The van der Waals surface area contributed by atoms with Crippen LogP contribution in [0.4, 0.5) is 0 Å². The van der Waals surface area contributed by atoms with E-state index in [2.05, 4.69) is 4.98 Å². The summed E-state index contributed by atoms with van der Waals surface area (Å²) in [7, 11) is 2.94. The third-order valence-electron chi connectivity index (χ3n) is 3.03. The van der Waals surface area contributed by atoms with Crippen LogP contribution in [0.15, 0.2) is 18.2 Å². The standard InChI is InChI=1S/C13H15ClN2O3/c1-8(13(17)19-3)16-9-5-4-6-10(18-2)12(9)15-11(16)7-14/h4-6,8H,7H2,1-3H3. The van der Waals surface area contributed by atoms with Crippen LogP contribution in [0, 0.1) is 0 Å². The van der Waals surface area contributed by atoms with Crippen molar-refractivity contribution in [2.45, 2.75) is 18.8 Å². The van der Waals surface area contributed by atoms with Crippen LogP contribution in [0.1, 0.15) is 18.8 Å². The van der Waals surface area contributed by atoms with Crippen LogP contribution >= 0.6 is 11.6 Å². The predicted octanol–water partition coefficient (Wildman–Crippen LogP) is 2.52. The molecule has 102 valence electrons. The molecule has 19 heavy (non-hydrogen) atoms. The van der Waals surface area contributed by atoms with Crippen molar-refractivity contribution in [3.63, 3.8) is 0 Å². The second-order valence-electron chi connectivity index (χ2n) is 4.06. The number of esters is 1. The topological polar surface area (TPSA) is 53.4 Å². The Bertz CT molecular complexity index is 609. The number of hydrogen-bond donors (Lipinski definition) is 0. The van der Waals surface area contributed by atoms with Crippen LogP contribution in [-0.2, 0) is 15.4 Å². The number of carbonyl (C=O) groups excluding carboxylic acids is 1. The summed E-state index contributed by atoms with van der Waals surface area (Å²) in [6.45, 7) is 1.75. The Morgan fingerprint density at radius 2 is 2.21 bits per heavy atom. The van der Waals surface area contributed by atoms with Crippen molar-refractivity contribution in [1.29, 1.82) is 0 Å². The molecule has 0 radical (unpaired) electrons. The molecule has 0 saturated heterocycles. The summed E-state index contributed by atoms with van der Waals surface area (Å²) < 4.78 is 11.8. The Hall–Kier alpha value is -1.75. The van der Waals surface area contributed by atoms with Gasteiger partial charge in [0.15, 0.2) is 0 Å². The molecular formula is C13H15ClN2O3. The normalized spacial score (nSPS) is 12.4. The first-order chi connectivity index (χ1) is 9.13. The summed E-state index contributed by atoms with van der Waals surface area (Å²) in [5.41, 5.74) is 1.49. The zero-order valence-electron chi connectivity index (χ0n) is 11.0. The third kappa shape index (κ3) is 2.26. The smallest absolute Gasteiger partial charge is 0.328 e. The van der Waals surface area contributed by atoms with Gasteiger partial charge >= 0.3 is 5.97 Å². The number of methoxy groups -OCH3 is 2. The quantitative estimate of drug-likeness (QED) is 0.639. The summed E-state index contributed by atoms with van der Waals surface area (Å²) >= 11 is 5.91. The van der Waals surface area contributed by atoms with E-state index < -0.39 is 6.04 Å². The van der Waals surface area contributed by atoms with Crippen LogP contribution in [0.25, 0.3) is 11.0 Å². The summed E-state index contributed by atoms with van der Waals surface area (Å²) in [6.07, 6.45) is 0. The van der Waals surface area contributed by atoms with Crippen LogP contribution in [0.3, 0.4) is 0 Å². The molecule has 2 aromatic rings. The lowest BCUT2D eigenvalue weighted by Crippen LogP contribution is -2.19. The number of fused-ring (bicyclic) bond motifs is 1. The third-order valence-corrected chi connectivity index (χ3v) is 3.26. The molecule has 1 atom stereocenters. The zero-order valence-corrected chi connectivity index (χ0v) is 11.8. The van der Waals surface area contributed by atoms with Gasteiger partial charge in [-0.3, -0.25) is 0 Å². The minimum atomic E-state index is -0.490. The highest BCUT2D eigenvalue weighted by atomic mass is 35.5.